The molecule has 1 aliphatic carbocycles. The predicted molar refractivity (Wildman–Crippen MR) is 81.2 cm³/mol. The molecule has 110 valence electrons. The van der Waals surface area contributed by atoms with Crippen LogP contribution in [0.5, 0.6) is 0 Å². The first kappa shape index (κ1) is 15.0. The van der Waals surface area contributed by atoms with Gasteiger partial charge in [-0.05, 0) is 25.5 Å². The van der Waals surface area contributed by atoms with Crippen LogP contribution in [0.1, 0.15) is 31.2 Å². The maximum absolute atomic E-state index is 11.6. The number of benzene rings is 1. The minimum Gasteiger partial charge on any atom is -0.351 e. The van der Waals surface area contributed by atoms with E-state index in [2.05, 4.69) is 41.5 Å². The number of nitrogens with one attached hydrogen (secondary N) is 1. The van der Waals surface area contributed by atoms with Gasteiger partial charge in [0.05, 0.1) is 6.54 Å². The van der Waals surface area contributed by atoms with Crippen LogP contribution in [0.4, 0.5) is 0 Å². The molecule has 0 bridgehead atoms. The van der Waals surface area contributed by atoms with E-state index in [0.29, 0.717) is 6.04 Å². The summed E-state index contributed by atoms with van der Waals surface area (Å²) in [7, 11) is 2.14. The normalized spacial score (nSPS) is 22.8. The molecule has 1 aromatic rings. The Hall–Kier alpha value is -1.39. The summed E-state index contributed by atoms with van der Waals surface area (Å²) in [5.74, 6) is -0.0463. The molecule has 1 aromatic carbocycles. The van der Waals surface area contributed by atoms with Crippen molar-refractivity contribution in [3.8, 4) is 0 Å². The standard InChI is InChI=1S/C16H25N3O/c1-19(12-13-7-3-2-4-8-13)15-10-6-5-9-14(15)18-16(20)11-17/h2-4,7-8,14-15H,5-6,9-12,17H2,1H3,(H,18,20)/t14-,15-/m1/s1. The van der Waals surface area contributed by atoms with Gasteiger partial charge in [-0.25, -0.2) is 0 Å². The molecule has 1 amide bonds. The van der Waals surface area contributed by atoms with Crippen molar-refractivity contribution in [3.63, 3.8) is 0 Å². The van der Waals surface area contributed by atoms with Gasteiger partial charge in [0.25, 0.3) is 0 Å². The highest BCUT2D eigenvalue weighted by atomic mass is 16.1. The Bertz CT molecular complexity index is 421. The number of hydrogen-bond donors (Lipinski definition) is 2. The van der Waals surface area contributed by atoms with Gasteiger partial charge in [-0.2, -0.15) is 0 Å². The van der Waals surface area contributed by atoms with E-state index in [1.807, 2.05) is 6.07 Å². The summed E-state index contributed by atoms with van der Waals surface area (Å²) in [5.41, 5.74) is 6.72. The van der Waals surface area contributed by atoms with Crippen molar-refractivity contribution in [1.29, 1.82) is 0 Å². The van der Waals surface area contributed by atoms with Gasteiger partial charge >= 0.3 is 0 Å². The molecule has 1 aliphatic rings. The number of carbonyl (C=O) groups excluding carboxylic acids is 1. The largest absolute Gasteiger partial charge is 0.351 e. The zero-order chi connectivity index (χ0) is 14.4. The summed E-state index contributed by atoms with van der Waals surface area (Å²) < 4.78 is 0. The number of hydrogen-bond acceptors (Lipinski definition) is 3. The molecular weight excluding hydrogens is 250 g/mol. The highest BCUT2D eigenvalue weighted by molar-refractivity contribution is 5.78. The topological polar surface area (TPSA) is 58.4 Å². The van der Waals surface area contributed by atoms with Crippen LogP contribution in [-0.4, -0.2) is 36.5 Å². The quantitative estimate of drug-likeness (QED) is 0.856. The highest BCUT2D eigenvalue weighted by Gasteiger charge is 2.29. The Morgan fingerprint density at radius 2 is 2.00 bits per heavy atom. The predicted octanol–water partition coefficient (Wildman–Crippen LogP) is 1.50. The molecule has 1 fully saturated rings. The summed E-state index contributed by atoms with van der Waals surface area (Å²) in [4.78, 5) is 13.9. The Balaban J connectivity index is 1.98. The number of amides is 1. The Labute approximate surface area is 121 Å². The first-order valence-electron chi connectivity index (χ1n) is 7.44. The molecule has 1 saturated carbocycles. The van der Waals surface area contributed by atoms with E-state index in [1.54, 1.807) is 0 Å². The SMILES string of the molecule is CN(Cc1ccccc1)[C@@H]1CCCC[C@H]1NC(=O)CN. The highest BCUT2D eigenvalue weighted by Crippen LogP contribution is 2.23. The minimum absolute atomic E-state index is 0.0463. The molecule has 3 N–H and O–H groups in total. The third kappa shape index (κ3) is 4.05. The van der Waals surface area contributed by atoms with Crippen molar-refractivity contribution in [2.45, 2.75) is 44.3 Å². The van der Waals surface area contributed by atoms with Gasteiger partial charge in [0.15, 0.2) is 0 Å². The molecule has 20 heavy (non-hydrogen) atoms. The number of nitrogens with zero attached hydrogens (tertiary/aromatic N) is 1. The lowest BCUT2D eigenvalue weighted by molar-refractivity contribution is -0.121. The molecule has 0 unspecified atom stereocenters. The van der Waals surface area contributed by atoms with Crippen LogP contribution < -0.4 is 11.1 Å². The van der Waals surface area contributed by atoms with Gasteiger partial charge in [-0.15, -0.1) is 0 Å². The van der Waals surface area contributed by atoms with E-state index in [9.17, 15) is 4.79 Å². The summed E-state index contributed by atoms with van der Waals surface area (Å²) in [5, 5.41) is 3.08. The van der Waals surface area contributed by atoms with Crippen LogP contribution in [0, 0.1) is 0 Å². The van der Waals surface area contributed by atoms with E-state index in [0.717, 1.165) is 19.4 Å². The van der Waals surface area contributed by atoms with Crippen LogP contribution in [0.25, 0.3) is 0 Å². The van der Waals surface area contributed by atoms with Crippen molar-refractivity contribution in [2.75, 3.05) is 13.6 Å². The fourth-order valence-electron chi connectivity index (χ4n) is 3.06. The fourth-order valence-corrected chi connectivity index (χ4v) is 3.06. The van der Waals surface area contributed by atoms with Gasteiger partial charge in [0.1, 0.15) is 0 Å². The molecule has 2 atom stereocenters. The molecule has 0 radical (unpaired) electrons. The molecular formula is C16H25N3O. The number of likely N-dealkylation sites (N-methyl/N-ethyl adjacent to an activating group) is 1. The molecule has 0 spiro atoms. The Kier molecular flexibility index (Phi) is 5.56. The lowest BCUT2D eigenvalue weighted by Gasteiger charge is -2.38. The van der Waals surface area contributed by atoms with Crippen LogP contribution in [0.3, 0.4) is 0 Å². The first-order chi connectivity index (χ1) is 9.70. The molecule has 4 nitrogen and oxygen atoms in total. The van der Waals surface area contributed by atoms with Crippen LogP contribution >= 0.6 is 0 Å². The van der Waals surface area contributed by atoms with Gasteiger partial charge in [-0.1, -0.05) is 43.2 Å². The number of carbonyl (C=O) groups is 1. The Morgan fingerprint density at radius 1 is 1.30 bits per heavy atom. The Morgan fingerprint density at radius 3 is 2.70 bits per heavy atom. The lowest BCUT2D eigenvalue weighted by Crippen LogP contribution is -2.53. The van der Waals surface area contributed by atoms with Crippen LogP contribution in [0.2, 0.25) is 0 Å². The summed E-state index contributed by atoms with van der Waals surface area (Å²) >= 11 is 0. The third-order valence-electron chi connectivity index (χ3n) is 4.10. The second-order valence-electron chi connectivity index (χ2n) is 5.63. The van der Waals surface area contributed by atoms with Crippen molar-refractivity contribution in [1.82, 2.24) is 10.2 Å². The zero-order valence-electron chi connectivity index (χ0n) is 12.2. The van der Waals surface area contributed by atoms with Crippen molar-refractivity contribution >= 4 is 5.91 Å². The van der Waals surface area contributed by atoms with E-state index in [-0.39, 0.29) is 18.5 Å². The summed E-state index contributed by atoms with van der Waals surface area (Å²) in [6.45, 7) is 0.992. The minimum atomic E-state index is -0.0463. The van der Waals surface area contributed by atoms with Crippen LogP contribution in [0.15, 0.2) is 30.3 Å². The number of nitrogens with two attached hydrogens (primary N) is 1. The maximum atomic E-state index is 11.6. The zero-order valence-corrected chi connectivity index (χ0v) is 12.2. The monoisotopic (exact) mass is 275 g/mol. The van der Waals surface area contributed by atoms with Gasteiger partial charge in [0, 0.05) is 18.6 Å². The number of rotatable bonds is 5. The van der Waals surface area contributed by atoms with Crippen molar-refractivity contribution in [2.24, 2.45) is 5.73 Å². The van der Waals surface area contributed by atoms with Gasteiger partial charge < -0.3 is 11.1 Å². The van der Waals surface area contributed by atoms with E-state index in [4.69, 9.17) is 5.73 Å². The van der Waals surface area contributed by atoms with E-state index < -0.39 is 0 Å². The first-order valence-corrected chi connectivity index (χ1v) is 7.44. The molecule has 0 heterocycles. The lowest BCUT2D eigenvalue weighted by atomic mass is 9.89. The average Bonchev–Trinajstić information content (AvgIpc) is 2.48. The third-order valence-corrected chi connectivity index (χ3v) is 4.10. The second-order valence-corrected chi connectivity index (χ2v) is 5.63. The average molecular weight is 275 g/mol. The van der Waals surface area contributed by atoms with Gasteiger partial charge in [0.2, 0.25) is 5.91 Å². The maximum Gasteiger partial charge on any atom is 0.234 e. The molecule has 0 aliphatic heterocycles. The molecule has 0 saturated heterocycles. The van der Waals surface area contributed by atoms with Crippen molar-refractivity contribution in [3.05, 3.63) is 35.9 Å². The fraction of sp³-hybridized carbons (Fsp3) is 0.562. The molecule has 0 aromatic heterocycles. The molecule has 4 heteroatoms. The van der Waals surface area contributed by atoms with E-state index in [1.165, 1.54) is 18.4 Å². The van der Waals surface area contributed by atoms with Gasteiger partial charge in [-0.3, -0.25) is 9.69 Å². The van der Waals surface area contributed by atoms with E-state index >= 15 is 0 Å². The summed E-state index contributed by atoms with van der Waals surface area (Å²) in [6.07, 6.45) is 4.61. The smallest absolute Gasteiger partial charge is 0.234 e. The second kappa shape index (κ2) is 7.41. The molecule has 2 rings (SSSR count). The summed E-state index contributed by atoms with van der Waals surface area (Å²) in [6, 6.07) is 11.1. The van der Waals surface area contributed by atoms with Crippen LogP contribution in [-0.2, 0) is 11.3 Å². The van der Waals surface area contributed by atoms with Crippen molar-refractivity contribution < 1.29 is 4.79 Å².